The van der Waals surface area contributed by atoms with Crippen LogP contribution in [0.2, 0.25) is 0 Å². The third-order valence-corrected chi connectivity index (χ3v) is 5.37. The van der Waals surface area contributed by atoms with Gasteiger partial charge in [0.1, 0.15) is 28.8 Å². The molecule has 0 radical (unpaired) electrons. The van der Waals surface area contributed by atoms with Crippen LogP contribution in [0.3, 0.4) is 0 Å². The van der Waals surface area contributed by atoms with E-state index in [0.717, 1.165) is 5.56 Å². The van der Waals surface area contributed by atoms with E-state index in [2.05, 4.69) is 6.07 Å². The number of benzene rings is 2. The summed E-state index contributed by atoms with van der Waals surface area (Å²) in [4.78, 5) is 13.1. The fraction of sp³-hybridized carbons (Fsp3) is 0.200. The molecule has 0 fully saturated rings. The van der Waals surface area contributed by atoms with Gasteiger partial charge in [-0.05, 0) is 23.1 Å². The fourth-order valence-corrected chi connectivity index (χ4v) is 4.01. The molecule has 0 aliphatic heterocycles. The maximum absolute atomic E-state index is 13.1. The van der Waals surface area contributed by atoms with Crippen molar-refractivity contribution in [3.63, 3.8) is 0 Å². The molecule has 3 N–H and O–H groups in total. The summed E-state index contributed by atoms with van der Waals surface area (Å²) in [6.45, 7) is 6.16. The Balaban J connectivity index is 2.14. The molecule has 0 aliphatic rings. The molecule has 0 saturated heterocycles. The van der Waals surface area contributed by atoms with Gasteiger partial charge >= 0.3 is 5.63 Å². The second-order valence-electron chi connectivity index (χ2n) is 8.53. The third-order valence-electron chi connectivity index (χ3n) is 5.37. The standard InChI is InChI=1S/C25H23N3O3/c1-25(2,3)20-17(13-26)23(27)28(14-15-9-5-4-6-10-15)21(20)19-22(29)16-11-7-8-12-18(16)31-24(19)30/h4-12,29H,14,27H2,1-3H3. The first-order valence-corrected chi connectivity index (χ1v) is 9.95. The number of anilines is 1. The van der Waals surface area contributed by atoms with Gasteiger partial charge in [0.05, 0.1) is 16.6 Å². The van der Waals surface area contributed by atoms with Gasteiger partial charge in [0, 0.05) is 12.1 Å². The first-order chi connectivity index (χ1) is 14.7. The highest BCUT2D eigenvalue weighted by atomic mass is 16.4. The maximum atomic E-state index is 13.1. The molecular weight excluding hydrogens is 390 g/mol. The normalized spacial score (nSPS) is 11.5. The number of fused-ring (bicyclic) bond motifs is 1. The Morgan fingerprint density at radius 3 is 2.39 bits per heavy atom. The van der Waals surface area contributed by atoms with Crippen LogP contribution in [0, 0.1) is 11.3 Å². The number of hydrogen-bond acceptors (Lipinski definition) is 5. The quantitative estimate of drug-likeness (QED) is 0.471. The minimum atomic E-state index is -0.682. The molecule has 2 heterocycles. The van der Waals surface area contributed by atoms with E-state index in [9.17, 15) is 15.2 Å². The summed E-state index contributed by atoms with van der Waals surface area (Å²) in [5.41, 5.74) is 7.77. The number of aromatic nitrogens is 1. The number of aromatic hydroxyl groups is 1. The predicted molar refractivity (Wildman–Crippen MR) is 121 cm³/mol. The monoisotopic (exact) mass is 413 g/mol. The highest BCUT2D eigenvalue weighted by molar-refractivity contribution is 5.91. The third kappa shape index (κ3) is 3.34. The molecule has 4 aromatic rings. The van der Waals surface area contributed by atoms with Crippen LogP contribution in [-0.4, -0.2) is 9.67 Å². The van der Waals surface area contributed by atoms with E-state index in [4.69, 9.17) is 10.2 Å². The lowest BCUT2D eigenvalue weighted by molar-refractivity contribution is 0.469. The van der Waals surface area contributed by atoms with E-state index in [-0.39, 0.29) is 17.1 Å². The van der Waals surface area contributed by atoms with Gasteiger partial charge in [-0.25, -0.2) is 4.79 Å². The van der Waals surface area contributed by atoms with Crippen molar-refractivity contribution in [1.82, 2.24) is 4.57 Å². The van der Waals surface area contributed by atoms with Gasteiger partial charge in [0.25, 0.3) is 0 Å². The van der Waals surface area contributed by atoms with E-state index in [0.29, 0.717) is 34.3 Å². The van der Waals surface area contributed by atoms with Crippen LogP contribution in [0.15, 0.2) is 63.8 Å². The first kappa shape index (κ1) is 20.3. The van der Waals surface area contributed by atoms with Crippen molar-refractivity contribution in [2.75, 3.05) is 5.73 Å². The highest BCUT2D eigenvalue weighted by Crippen LogP contribution is 2.44. The zero-order chi connectivity index (χ0) is 22.3. The van der Waals surface area contributed by atoms with Crippen LogP contribution in [0.1, 0.15) is 37.5 Å². The molecule has 156 valence electrons. The number of nitrogens with zero attached hydrogens (tertiary/aromatic N) is 2. The van der Waals surface area contributed by atoms with Crippen LogP contribution >= 0.6 is 0 Å². The summed E-state index contributed by atoms with van der Waals surface area (Å²) in [5.74, 6) is 0.0619. The Labute approximate surface area is 179 Å². The molecule has 4 rings (SSSR count). The summed E-state index contributed by atoms with van der Waals surface area (Å²) < 4.78 is 7.25. The Morgan fingerprint density at radius 2 is 1.74 bits per heavy atom. The van der Waals surface area contributed by atoms with E-state index >= 15 is 0 Å². The van der Waals surface area contributed by atoms with Gasteiger partial charge in [-0.2, -0.15) is 5.26 Å². The minimum absolute atomic E-state index is 0.00718. The van der Waals surface area contributed by atoms with Crippen molar-refractivity contribution in [3.8, 4) is 23.1 Å². The van der Waals surface area contributed by atoms with Gasteiger partial charge in [-0.15, -0.1) is 0 Å². The second-order valence-corrected chi connectivity index (χ2v) is 8.53. The maximum Gasteiger partial charge on any atom is 0.349 e. The molecule has 6 nitrogen and oxygen atoms in total. The molecule has 0 atom stereocenters. The summed E-state index contributed by atoms with van der Waals surface area (Å²) in [7, 11) is 0. The topological polar surface area (TPSA) is 105 Å². The van der Waals surface area contributed by atoms with Gasteiger partial charge in [0.15, 0.2) is 0 Å². The molecule has 0 aliphatic carbocycles. The molecule has 2 aromatic heterocycles. The summed E-state index contributed by atoms with van der Waals surface area (Å²) >= 11 is 0. The van der Waals surface area contributed by atoms with Gasteiger partial charge in [-0.1, -0.05) is 63.2 Å². The van der Waals surface area contributed by atoms with Crippen molar-refractivity contribution >= 4 is 16.8 Å². The number of nitriles is 1. The lowest BCUT2D eigenvalue weighted by Gasteiger charge is -2.22. The average molecular weight is 413 g/mol. The number of hydrogen-bond donors (Lipinski definition) is 2. The SMILES string of the molecule is CC(C)(C)c1c(C#N)c(N)n(Cc2ccccc2)c1-c1c(O)c2ccccc2oc1=O. The molecule has 0 saturated carbocycles. The van der Waals surface area contributed by atoms with E-state index in [1.54, 1.807) is 28.8 Å². The molecule has 2 aromatic carbocycles. The zero-order valence-corrected chi connectivity index (χ0v) is 17.6. The summed E-state index contributed by atoms with van der Waals surface area (Å²) in [6.07, 6.45) is 0. The molecule has 6 heteroatoms. The molecule has 0 bridgehead atoms. The van der Waals surface area contributed by atoms with Gasteiger partial charge in [-0.3, -0.25) is 0 Å². The largest absolute Gasteiger partial charge is 0.506 e. The lowest BCUT2D eigenvalue weighted by Crippen LogP contribution is -2.17. The smallest absolute Gasteiger partial charge is 0.349 e. The average Bonchev–Trinajstić information content (AvgIpc) is 3.01. The molecule has 0 unspecified atom stereocenters. The summed E-state index contributed by atoms with van der Waals surface area (Å²) in [6, 6.07) is 18.6. The predicted octanol–water partition coefficient (Wildman–Crippen LogP) is 4.77. The second kappa shape index (κ2) is 7.37. The fourth-order valence-electron chi connectivity index (χ4n) is 4.01. The van der Waals surface area contributed by atoms with Crippen molar-refractivity contribution in [2.45, 2.75) is 32.7 Å². The Bertz CT molecular complexity index is 1380. The van der Waals surface area contributed by atoms with Crippen LogP contribution in [0.25, 0.3) is 22.2 Å². The van der Waals surface area contributed by atoms with E-state index < -0.39 is 11.0 Å². The number of rotatable bonds is 3. The molecule has 0 amide bonds. The minimum Gasteiger partial charge on any atom is -0.506 e. The lowest BCUT2D eigenvalue weighted by atomic mass is 9.83. The van der Waals surface area contributed by atoms with Crippen LogP contribution < -0.4 is 11.4 Å². The van der Waals surface area contributed by atoms with Crippen LogP contribution in [0.4, 0.5) is 5.82 Å². The van der Waals surface area contributed by atoms with Crippen molar-refractivity contribution in [3.05, 3.63) is 81.7 Å². The Kier molecular flexibility index (Phi) is 4.82. The van der Waals surface area contributed by atoms with E-state index in [1.807, 2.05) is 51.1 Å². The van der Waals surface area contributed by atoms with Crippen molar-refractivity contribution in [1.29, 1.82) is 5.26 Å². The molecular formula is C25H23N3O3. The number of nitrogen functional groups attached to an aromatic ring is 1. The van der Waals surface area contributed by atoms with Gasteiger partial charge in [0.2, 0.25) is 0 Å². The Hall–Kier alpha value is -3.98. The van der Waals surface area contributed by atoms with Crippen molar-refractivity contribution < 1.29 is 9.52 Å². The van der Waals surface area contributed by atoms with Gasteiger partial charge < -0.3 is 19.8 Å². The van der Waals surface area contributed by atoms with Crippen LogP contribution in [0.5, 0.6) is 5.75 Å². The van der Waals surface area contributed by atoms with Crippen molar-refractivity contribution in [2.24, 2.45) is 0 Å². The first-order valence-electron chi connectivity index (χ1n) is 9.95. The zero-order valence-electron chi connectivity index (χ0n) is 17.6. The summed E-state index contributed by atoms with van der Waals surface area (Å²) in [5, 5.41) is 21.5. The Morgan fingerprint density at radius 1 is 1.10 bits per heavy atom. The van der Waals surface area contributed by atoms with E-state index in [1.165, 1.54) is 0 Å². The highest BCUT2D eigenvalue weighted by Gasteiger charge is 2.33. The van der Waals surface area contributed by atoms with Crippen LogP contribution in [-0.2, 0) is 12.0 Å². The number of nitrogens with two attached hydrogens (primary N) is 1. The molecule has 0 spiro atoms. The molecule has 31 heavy (non-hydrogen) atoms. The number of para-hydroxylation sites is 1.